The van der Waals surface area contributed by atoms with Crippen LogP contribution in [0.3, 0.4) is 0 Å². The van der Waals surface area contributed by atoms with E-state index in [1.54, 1.807) is 0 Å². The van der Waals surface area contributed by atoms with Crippen LogP contribution >= 0.6 is 0 Å². The molecule has 1 rings (SSSR count). The second-order valence-corrected chi connectivity index (χ2v) is 4.98. The number of nitrogens with zero attached hydrogens (tertiary/aromatic N) is 1. The number of carbonyl (C=O) groups excluding carboxylic acids is 1. The molecule has 0 aliphatic carbocycles. The zero-order valence-corrected chi connectivity index (χ0v) is 12.6. The molecule has 0 saturated carbocycles. The number of nitro groups is 1. The molecule has 0 bridgehead atoms. The number of methoxy groups -OCH3 is 1. The highest BCUT2D eigenvalue weighted by molar-refractivity contribution is 5.78. The van der Waals surface area contributed by atoms with E-state index in [1.165, 1.54) is 25.3 Å². The van der Waals surface area contributed by atoms with E-state index < -0.39 is 4.92 Å². The Hall–Kier alpha value is -2.31. The molecule has 1 N–H and O–H groups in total. The largest absolute Gasteiger partial charge is 0.496 e. The van der Waals surface area contributed by atoms with E-state index >= 15 is 0 Å². The maximum absolute atomic E-state index is 11.7. The van der Waals surface area contributed by atoms with Gasteiger partial charge in [0, 0.05) is 6.04 Å². The number of nitro benzene ring substituents is 1. The Balaban J connectivity index is 2.71. The van der Waals surface area contributed by atoms with Crippen LogP contribution in [-0.2, 0) is 4.79 Å². The summed E-state index contributed by atoms with van der Waals surface area (Å²) < 4.78 is 10.2. The normalized spacial score (nSPS) is 11.9. The third-order valence-corrected chi connectivity index (χ3v) is 3.11. The molecule has 116 valence electrons. The van der Waals surface area contributed by atoms with Crippen LogP contribution in [0.4, 0.5) is 5.69 Å². The van der Waals surface area contributed by atoms with Crippen LogP contribution in [-0.4, -0.2) is 30.6 Å². The van der Waals surface area contributed by atoms with E-state index in [4.69, 9.17) is 9.47 Å². The second-order valence-electron chi connectivity index (χ2n) is 4.98. The molecule has 7 heteroatoms. The van der Waals surface area contributed by atoms with Gasteiger partial charge in [0.1, 0.15) is 5.75 Å². The predicted octanol–water partition coefficient (Wildman–Crippen LogP) is 2.14. The maximum atomic E-state index is 11.7. The number of nitrogens with one attached hydrogen (secondary N) is 1. The fourth-order valence-corrected chi connectivity index (χ4v) is 1.49. The van der Waals surface area contributed by atoms with Crippen LogP contribution in [0.25, 0.3) is 0 Å². The van der Waals surface area contributed by atoms with Crippen molar-refractivity contribution in [1.29, 1.82) is 0 Å². The minimum absolute atomic E-state index is 0.00644. The van der Waals surface area contributed by atoms with Gasteiger partial charge < -0.3 is 14.8 Å². The predicted molar refractivity (Wildman–Crippen MR) is 77.6 cm³/mol. The highest BCUT2D eigenvalue weighted by Gasteiger charge is 2.18. The Morgan fingerprint density at radius 2 is 2.05 bits per heavy atom. The van der Waals surface area contributed by atoms with E-state index in [-0.39, 0.29) is 30.0 Å². The van der Waals surface area contributed by atoms with Gasteiger partial charge in [0.05, 0.1) is 18.1 Å². The number of carbonyl (C=O) groups is 1. The van der Waals surface area contributed by atoms with Gasteiger partial charge in [-0.15, -0.1) is 0 Å². The van der Waals surface area contributed by atoms with Gasteiger partial charge >= 0.3 is 5.69 Å². The SMILES string of the molecule is COc1ccc(OCC(=O)N[C@H](C)C(C)C)c([N+](=O)[O-])c1. The van der Waals surface area contributed by atoms with E-state index in [1.807, 2.05) is 20.8 Å². The Labute approximate surface area is 123 Å². The lowest BCUT2D eigenvalue weighted by molar-refractivity contribution is -0.385. The molecule has 0 spiro atoms. The number of benzene rings is 1. The molecule has 0 radical (unpaired) electrons. The lowest BCUT2D eigenvalue weighted by atomic mass is 10.1. The van der Waals surface area contributed by atoms with E-state index in [0.29, 0.717) is 11.7 Å². The molecule has 0 fully saturated rings. The second kappa shape index (κ2) is 7.47. The Kier molecular flexibility index (Phi) is 5.95. The summed E-state index contributed by atoms with van der Waals surface area (Å²) in [5.74, 6) is 0.366. The number of amides is 1. The van der Waals surface area contributed by atoms with Gasteiger partial charge in [0.25, 0.3) is 5.91 Å². The molecule has 21 heavy (non-hydrogen) atoms. The van der Waals surface area contributed by atoms with E-state index in [9.17, 15) is 14.9 Å². The standard InChI is InChI=1S/C14H20N2O5/c1-9(2)10(3)15-14(17)8-21-13-6-5-11(20-4)7-12(13)16(18)19/h5-7,9-10H,8H2,1-4H3,(H,15,17)/t10-/m1/s1. The van der Waals surface area contributed by atoms with Gasteiger partial charge in [0.2, 0.25) is 0 Å². The first kappa shape index (κ1) is 16.7. The van der Waals surface area contributed by atoms with Crippen LogP contribution in [0.1, 0.15) is 20.8 Å². The molecule has 1 amide bonds. The zero-order valence-electron chi connectivity index (χ0n) is 12.6. The first-order valence-corrected chi connectivity index (χ1v) is 6.59. The van der Waals surface area contributed by atoms with Crippen molar-refractivity contribution >= 4 is 11.6 Å². The minimum Gasteiger partial charge on any atom is -0.496 e. The lowest BCUT2D eigenvalue weighted by Gasteiger charge is -2.17. The summed E-state index contributed by atoms with van der Waals surface area (Å²) >= 11 is 0. The minimum atomic E-state index is -0.577. The van der Waals surface area contributed by atoms with Crippen molar-refractivity contribution in [3.05, 3.63) is 28.3 Å². The van der Waals surface area contributed by atoms with Gasteiger partial charge in [-0.25, -0.2) is 0 Å². The van der Waals surface area contributed by atoms with Crippen molar-refractivity contribution in [3.63, 3.8) is 0 Å². The third kappa shape index (κ3) is 4.94. The topological polar surface area (TPSA) is 90.7 Å². The van der Waals surface area contributed by atoms with Gasteiger partial charge in [-0.3, -0.25) is 14.9 Å². The number of ether oxygens (including phenoxy) is 2. The van der Waals surface area contributed by atoms with Crippen LogP contribution in [0.5, 0.6) is 11.5 Å². The molecular weight excluding hydrogens is 276 g/mol. The zero-order chi connectivity index (χ0) is 16.0. The summed E-state index contributed by atoms with van der Waals surface area (Å²) in [5.41, 5.74) is -0.237. The Bertz CT molecular complexity index is 516. The van der Waals surface area contributed by atoms with E-state index in [0.717, 1.165) is 0 Å². The van der Waals surface area contributed by atoms with Gasteiger partial charge in [-0.05, 0) is 25.0 Å². The quantitative estimate of drug-likeness (QED) is 0.615. The number of hydrogen-bond acceptors (Lipinski definition) is 5. The van der Waals surface area contributed by atoms with Crippen molar-refractivity contribution < 1.29 is 19.2 Å². The van der Waals surface area contributed by atoms with Gasteiger partial charge in [-0.1, -0.05) is 13.8 Å². The highest BCUT2D eigenvalue weighted by atomic mass is 16.6. The molecule has 1 aromatic rings. The number of hydrogen-bond donors (Lipinski definition) is 1. The van der Waals surface area contributed by atoms with Crippen molar-refractivity contribution in [1.82, 2.24) is 5.32 Å². The van der Waals surface area contributed by atoms with Crippen LogP contribution in [0.15, 0.2) is 18.2 Å². The Morgan fingerprint density at radius 3 is 2.57 bits per heavy atom. The molecule has 0 aromatic heterocycles. The van der Waals surface area contributed by atoms with Gasteiger partial charge in [0.15, 0.2) is 12.4 Å². The first-order chi connectivity index (χ1) is 9.85. The van der Waals surface area contributed by atoms with Crippen LogP contribution < -0.4 is 14.8 Å². The van der Waals surface area contributed by atoms with Crippen molar-refractivity contribution in [2.45, 2.75) is 26.8 Å². The molecule has 0 saturated heterocycles. The molecule has 1 atom stereocenters. The highest BCUT2D eigenvalue weighted by Crippen LogP contribution is 2.30. The summed E-state index contributed by atoms with van der Waals surface area (Å²) in [6, 6.07) is 4.21. The fourth-order valence-electron chi connectivity index (χ4n) is 1.49. The molecule has 0 aliphatic heterocycles. The Morgan fingerprint density at radius 1 is 1.38 bits per heavy atom. The lowest BCUT2D eigenvalue weighted by Crippen LogP contribution is -2.38. The van der Waals surface area contributed by atoms with Crippen molar-refractivity contribution in [2.24, 2.45) is 5.92 Å². The summed E-state index contributed by atoms with van der Waals surface area (Å²) in [5, 5.41) is 13.7. The summed E-state index contributed by atoms with van der Waals surface area (Å²) in [6.07, 6.45) is 0. The monoisotopic (exact) mass is 296 g/mol. The molecular formula is C14H20N2O5. The maximum Gasteiger partial charge on any atom is 0.314 e. The average molecular weight is 296 g/mol. The molecule has 1 aromatic carbocycles. The van der Waals surface area contributed by atoms with Crippen LogP contribution in [0.2, 0.25) is 0 Å². The first-order valence-electron chi connectivity index (χ1n) is 6.59. The summed E-state index contributed by atoms with van der Waals surface area (Å²) in [6.45, 7) is 5.59. The van der Waals surface area contributed by atoms with Crippen molar-refractivity contribution in [3.8, 4) is 11.5 Å². The molecule has 0 heterocycles. The van der Waals surface area contributed by atoms with Crippen LogP contribution in [0, 0.1) is 16.0 Å². The molecule has 0 aliphatic rings. The van der Waals surface area contributed by atoms with E-state index in [2.05, 4.69) is 5.32 Å². The smallest absolute Gasteiger partial charge is 0.314 e. The summed E-state index contributed by atoms with van der Waals surface area (Å²) in [4.78, 5) is 22.1. The van der Waals surface area contributed by atoms with Crippen molar-refractivity contribution in [2.75, 3.05) is 13.7 Å². The molecule has 7 nitrogen and oxygen atoms in total. The fraction of sp³-hybridized carbons (Fsp3) is 0.500. The average Bonchev–Trinajstić information content (AvgIpc) is 2.44. The van der Waals surface area contributed by atoms with Gasteiger partial charge in [-0.2, -0.15) is 0 Å². The third-order valence-electron chi connectivity index (χ3n) is 3.11. The molecule has 0 unspecified atom stereocenters. The number of rotatable bonds is 7. The summed E-state index contributed by atoms with van der Waals surface area (Å²) in [7, 11) is 1.42.